The molecule has 0 saturated carbocycles. The van der Waals surface area contributed by atoms with Crippen LogP contribution in [0.15, 0.2) is 0 Å². The lowest BCUT2D eigenvalue weighted by Gasteiger charge is -2.30. The zero-order valence-corrected chi connectivity index (χ0v) is 12.6. The van der Waals surface area contributed by atoms with E-state index in [-0.39, 0.29) is 0 Å². The molecule has 2 heterocycles. The number of nitrogens with zero attached hydrogens (tertiary/aromatic N) is 2. The lowest BCUT2D eigenvalue weighted by Crippen LogP contribution is -2.34. The monoisotopic (exact) mass is 280 g/mol. The number of hydrogen-bond acceptors (Lipinski definition) is 4. The summed E-state index contributed by atoms with van der Waals surface area (Å²) in [5.41, 5.74) is 1.38. The molecule has 1 saturated heterocycles. The van der Waals surface area contributed by atoms with Crippen molar-refractivity contribution < 1.29 is 5.11 Å². The van der Waals surface area contributed by atoms with E-state index in [4.69, 9.17) is 4.98 Å². The Morgan fingerprint density at radius 1 is 1.32 bits per heavy atom. The zero-order valence-electron chi connectivity index (χ0n) is 11.8. The predicted octanol–water partition coefficient (Wildman–Crippen LogP) is 2.47. The van der Waals surface area contributed by atoms with Crippen molar-refractivity contribution in [2.75, 3.05) is 19.7 Å². The first-order valence-electron chi connectivity index (χ1n) is 7.55. The standard InChI is InChI=1S/C15H24N2OS/c1-11-2-3-13-14(8-11)19-15(16-13)9-17-6-4-12(10-18)5-7-17/h11-12,18H,2-10H2,1H3. The molecule has 3 nitrogen and oxygen atoms in total. The number of aryl methyl sites for hydroxylation is 1. The third kappa shape index (κ3) is 3.18. The van der Waals surface area contributed by atoms with Crippen molar-refractivity contribution in [3.8, 4) is 0 Å². The molecule has 4 heteroatoms. The maximum Gasteiger partial charge on any atom is 0.107 e. The van der Waals surface area contributed by atoms with Crippen LogP contribution in [0.25, 0.3) is 0 Å². The van der Waals surface area contributed by atoms with Gasteiger partial charge in [-0.25, -0.2) is 4.98 Å². The number of thiazole rings is 1. The average Bonchev–Trinajstić information content (AvgIpc) is 2.81. The Labute approximate surface area is 119 Å². The maximum absolute atomic E-state index is 9.17. The molecule has 1 unspecified atom stereocenters. The molecule has 1 N–H and O–H groups in total. The number of likely N-dealkylation sites (tertiary alicyclic amines) is 1. The highest BCUT2D eigenvalue weighted by atomic mass is 32.1. The van der Waals surface area contributed by atoms with Gasteiger partial charge in [0.15, 0.2) is 0 Å². The molecule has 1 fully saturated rings. The summed E-state index contributed by atoms with van der Waals surface area (Å²) >= 11 is 1.94. The maximum atomic E-state index is 9.17. The van der Waals surface area contributed by atoms with Crippen LogP contribution in [0, 0.1) is 11.8 Å². The van der Waals surface area contributed by atoms with Gasteiger partial charge in [0, 0.05) is 11.5 Å². The van der Waals surface area contributed by atoms with Crippen LogP contribution in [0.5, 0.6) is 0 Å². The van der Waals surface area contributed by atoms with Gasteiger partial charge in [0.1, 0.15) is 5.01 Å². The fourth-order valence-electron chi connectivity index (χ4n) is 3.18. The quantitative estimate of drug-likeness (QED) is 0.924. The molecule has 19 heavy (non-hydrogen) atoms. The second-order valence-electron chi connectivity index (χ2n) is 6.23. The van der Waals surface area contributed by atoms with E-state index >= 15 is 0 Å². The topological polar surface area (TPSA) is 36.4 Å². The van der Waals surface area contributed by atoms with E-state index in [2.05, 4.69) is 11.8 Å². The number of rotatable bonds is 3. The summed E-state index contributed by atoms with van der Waals surface area (Å²) in [7, 11) is 0. The molecule has 0 bridgehead atoms. The van der Waals surface area contributed by atoms with Gasteiger partial charge in [-0.2, -0.15) is 0 Å². The summed E-state index contributed by atoms with van der Waals surface area (Å²) in [5, 5.41) is 10.5. The van der Waals surface area contributed by atoms with Crippen molar-refractivity contribution >= 4 is 11.3 Å². The molecule has 1 aromatic heterocycles. The van der Waals surface area contributed by atoms with Gasteiger partial charge in [0.25, 0.3) is 0 Å². The summed E-state index contributed by atoms with van der Waals surface area (Å²) in [6.07, 6.45) is 5.99. The van der Waals surface area contributed by atoms with Gasteiger partial charge < -0.3 is 5.11 Å². The van der Waals surface area contributed by atoms with E-state index in [0.29, 0.717) is 12.5 Å². The van der Waals surface area contributed by atoms with Crippen molar-refractivity contribution in [3.63, 3.8) is 0 Å². The summed E-state index contributed by atoms with van der Waals surface area (Å²) in [6.45, 7) is 5.96. The second-order valence-corrected chi connectivity index (χ2v) is 7.40. The van der Waals surface area contributed by atoms with Crippen molar-refractivity contribution in [2.45, 2.75) is 45.6 Å². The Kier molecular flexibility index (Phi) is 4.20. The summed E-state index contributed by atoms with van der Waals surface area (Å²) in [6, 6.07) is 0. The van der Waals surface area contributed by atoms with E-state index in [0.717, 1.165) is 38.4 Å². The summed E-state index contributed by atoms with van der Waals surface area (Å²) in [5.74, 6) is 1.36. The van der Waals surface area contributed by atoms with Crippen LogP contribution in [0.3, 0.4) is 0 Å². The molecule has 0 aromatic carbocycles. The van der Waals surface area contributed by atoms with Crippen LogP contribution in [-0.2, 0) is 19.4 Å². The van der Waals surface area contributed by atoms with E-state index in [1.165, 1.54) is 30.0 Å². The van der Waals surface area contributed by atoms with E-state index in [1.54, 1.807) is 4.88 Å². The fourth-order valence-corrected chi connectivity index (χ4v) is 4.50. The molecule has 0 spiro atoms. The molecule has 3 rings (SSSR count). The van der Waals surface area contributed by atoms with Gasteiger partial charge >= 0.3 is 0 Å². The summed E-state index contributed by atoms with van der Waals surface area (Å²) in [4.78, 5) is 8.89. The molecule has 1 atom stereocenters. The van der Waals surface area contributed by atoms with E-state index < -0.39 is 0 Å². The number of fused-ring (bicyclic) bond motifs is 1. The van der Waals surface area contributed by atoms with Gasteiger partial charge in [-0.1, -0.05) is 6.92 Å². The Balaban J connectivity index is 1.59. The number of piperidine rings is 1. The third-order valence-corrected chi connectivity index (χ3v) is 5.66. The average molecular weight is 280 g/mol. The lowest BCUT2D eigenvalue weighted by atomic mass is 9.93. The minimum absolute atomic E-state index is 0.358. The van der Waals surface area contributed by atoms with Crippen LogP contribution >= 0.6 is 11.3 Å². The highest BCUT2D eigenvalue weighted by Gasteiger charge is 2.22. The number of aliphatic hydroxyl groups is 1. The van der Waals surface area contributed by atoms with E-state index in [1.807, 2.05) is 11.3 Å². The Bertz CT molecular complexity index is 424. The first kappa shape index (κ1) is 13.5. The van der Waals surface area contributed by atoms with Crippen LogP contribution in [-0.4, -0.2) is 34.7 Å². The van der Waals surface area contributed by atoms with Crippen LogP contribution < -0.4 is 0 Å². The normalized spacial score (nSPS) is 25.5. The van der Waals surface area contributed by atoms with Gasteiger partial charge in [-0.3, -0.25) is 4.90 Å². The van der Waals surface area contributed by atoms with Crippen molar-refractivity contribution in [3.05, 3.63) is 15.6 Å². The van der Waals surface area contributed by atoms with Gasteiger partial charge in [-0.15, -0.1) is 11.3 Å². The first-order chi connectivity index (χ1) is 9.24. The number of hydrogen-bond donors (Lipinski definition) is 1. The van der Waals surface area contributed by atoms with Gasteiger partial charge in [0.2, 0.25) is 0 Å². The van der Waals surface area contributed by atoms with Crippen molar-refractivity contribution in [2.24, 2.45) is 11.8 Å². The zero-order chi connectivity index (χ0) is 13.2. The third-order valence-electron chi connectivity index (χ3n) is 4.55. The van der Waals surface area contributed by atoms with Crippen molar-refractivity contribution in [1.82, 2.24) is 9.88 Å². The van der Waals surface area contributed by atoms with Gasteiger partial charge in [0.05, 0.1) is 12.2 Å². The highest BCUT2D eigenvalue weighted by Crippen LogP contribution is 2.30. The molecular weight excluding hydrogens is 256 g/mol. The summed E-state index contributed by atoms with van der Waals surface area (Å²) < 4.78 is 0. The lowest BCUT2D eigenvalue weighted by molar-refractivity contribution is 0.127. The number of aliphatic hydroxyl groups excluding tert-OH is 1. The molecule has 0 amide bonds. The Hall–Kier alpha value is -0.450. The molecule has 106 valence electrons. The second kappa shape index (κ2) is 5.90. The largest absolute Gasteiger partial charge is 0.396 e. The smallest absolute Gasteiger partial charge is 0.107 e. The Morgan fingerprint density at radius 3 is 2.84 bits per heavy atom. The fraction of sp³-hybridized carbons (Fsp3) is 0.800. The SMILES string of the molecule is CC1CCc2nc(CN3CCC(CO)CC3)sc2C1. The predicted molar refractivity (Wildman–Crippen MR) is 78.4 cm³/mol. The van der Waals surface area contributed by atoms with Crippen LogP contribution in [0.2, 0.25) is 0 Å². The van der Waals surface area contributed by atoms with Gasteiger partial charge in [-0.05, 0) is 57.0 Å². The highest BCUT2D eigenvalue weighted by molar-refractivity contribution is 7.11. The van der Waals surface area contributed by atoms with Crippen LogP contribution in [0.4, 0.5) is 0 Å². The van der Waals surface area contributed by atoms with E-state index in [9.17, 15) is 5.11 Å². The Morgan fingerprint density at radius 2 is 2.11 bits per heavy atom. The van der Waals surface area contributed by atoms with Crippen molar-refractivity contribution in [1.29, 1.82) is 0 Å². The molecule has 0 radical (unpaired) electrons. The van der Waals surface area contributed by atoms with Crippen LogP contribution in [0.1, 0.15) is 41.8 Å². The molecule has 1 aromatic rings. The molecule has 1 aliphatic carbocycles. The first-order valence-corrected chi connectivity index (χ1v) is 8.37. The molecular formula is C15H24N2OS. The molecule has 1 aliphatic heterocycles. The minimum atomic E-state index is 0.358. The minimum Gasteiger partial charge on any atom is -0.396 e. The molecule has 2 aliphatic rings. The number of aromatic nitrogens is 1.